The number of carbonyl (C=O) groups is 1. The molecule has 0 fully saturated rings. The van der Waals surface area contributed by atoms with E-state index in [-0.39, 0.29) is 5.91 Å². The van der Waals surface area contributed by atoms with Crippen molar-refractivity contribution in [2.45, 2.75) is 38.2 Å². The molecule has 0 saturated carbocycles. The number of carbonyl (C=O) groups excluding carboxylic acids is 1. The SMILES string of the molecule is COc1ccc(CSC2=NNC3N(c4ccc(OC)cc4)C(=O)c4c(sc5c4CCC(C)C5)N23)cc1. The standard InChI is InChI=1S/C27H28N4O3S2/c1-16-4-13-21-22(14-16)36-25-23(21)24(32)30(18-7-11-20(34-3)12-8-18)26-28-29-27(31(25)26)35-15-17-5-9-19(33-2)10-6-17/h5-12,16,26,28H,4,13-15H2,1-3H3. The van der Waals surface area contributed by atoms with Gasteiger partial charge in [-0.1, -0.05) is 30.8 Å². The summed E-state index contributed by atoms with van der Waals surface area (Å²) < 4.78 is 10.6. The van der Waals surface area contributed by atoms with Crippen LogP contribution in [-0.4, -0.2) is 31.6 Å². The highest BCUT2D eigenvalue weighted by molar-refractivity contribution is 8.13. The minimum Gasteiger partial charge on any atom is -0.497 e. The first kappa shape index (κ1) is 23.2. The summed E-state index contributed by atoms with van der Waals surface area (Å²) >= 11 is 3.44. The van der Waals surface area contributed by atoms with Gasteiger partial charge in [0, 0.05) is 16.3 Å². The second kappa shape index (κ2) is 9.37. The average molecular weight is 521 g/mol. The maximum atomic E-state index is 14.0. The van der Waals surface area contributed by atoms with Gasteiger partial charge in [0.15, 0.2) is 5.17 Å². The lowest BCUT2D eigenvalue weighted by atomic mass is 9.88. The van der Waals surface area contributed by atoms with Gasteiger partial charge >= 0.3 is 0 Å². The fraction of sp³-hybridized carbons (Fsp3) is 0.333. The number of benzene rings is 2. The molecule has 1 aromatic heterocycles. The van der Waals surface area contributed by atoms with E-state index in [0.29, 0.717) is 5.92 Å². The van der Waals surface area contributed by atoms with Gasteiger partial charge in [-0.2, -0.15) is 5.10 Å². The minimum atomic E-state index is -0.408. The second-order valence-electron chi connectivity index (χ2n) is 9.31. The predicted molar refractivity (Wildman–Crippen MR) is 146 cm³/mol. The van der Waals surface area contributed by atoms with E-state index in [1.807, 2.05) is 41.3 Å². The molecular formula is C27H28N4O3S2. The van der Waals surface area contributed by atoms with E-state index in [0.717, 1.165) is 57.9 Å². The number of rotatable bonds is 5. The molecule has 6 rings (SSSR count). The zero-order valence-corrected chi connectivity index (χ0v) is 22.1. The summed E-state index contributed by atoms with van der Waals surface area (Å²) in [6.45, 7) is 2.30. The number of anilines is 2. The molecule has 3 aliphatic rings. The molecule has 186 valence electrons. The van der Waals surface area contributed by atoms with Crippen LogP contribution in [0, 0.1) is 5.92 Å². The maximum absolute atomic E-state index is 14.0. The number of methoxy groups -OCH3 is 2. The molecule has 0 radical (unpaired) electrons. The number of thioether (sulfide) groups is 1. The lowest BCUT2D eigenvalue weighted by molar-refractivity contribution is 0.0968. The number of hydrogen-bond donors (Lipinski definition) is 1. The quantitative estimate of drug-likeness (QED) is 0.483. The van der Waals surface area contributed by atoms with Crippen molar-refractivity contribution in [1.29, 1.82) is 0 Å². The largest absolute Gasteiger partial charge is 0.497 e. The summed E-state index contributed by atoms with van der Waals surface area (Å²) in [5, 5.41) is 6.60. The van der Waals surface area contributed by atoms with Gasteiger partial charge in [0.05, 0.1) is 19.8 Å². The Balaban J connectivity index is 1.36. The molecule has 0 spiro atoms. The zero-order valence-electron chi connectivity index (χ0n) is 20.5. The van der Waals surface area contributed by atoms with Crippen molar-refractivity contribution in [3.63, 3.8) is 0 Å². The highest BCUT2D eigenvalue weighted by Gasteiger charge is 2.47. The summed E-state index contributed by atoms with van der Waals surface area (Å²) in [5.74, 6) is 3.04. The van der Waals surface area contributed by atoms with Crippen molar-refractivity contribution in [3.05, 3.63) is 70.1 Å². The van der Waals surface area contributed by atoms with Crippen LogP contribution >= 0.6 is 23.1 Å². The van der Waals surface area contributed by atoms with Gasteiger partial charge in [0.1, 0.15) is 16.5 Å². The molecule has 0 saturated heterocycles. The van der Waals surface area contributed by atoms with E-state index >= 15 is 0 Å². The van der Waals surface area contributed by atoms with E-state index < -0.39 is 6.29 Å². The Kier molecular flexibility index (Phi) is 6.05. The maximum Gasteiger partial charge on any atom is 0.264 e. The highest BCUT2D eigenvalue weighted by atomic mass is 32.2. The molecule has 36 heavy (non-hydrogen) atoms. The van der Waals surface area contributed by atoms with Crippen molar-refractivity contribution in [1.82, 2.24) is 5.43 Å². The Hall–Kier alpha value is -3.17. The second-order valence-corrected chi connectivity index (χ2v) is 11.3. The van der Waals surface area contributed by atoms with Crippen molar-refractivity contribution in [3.8, 4) is 11.5 Å². The van der Waals surface area contributed by atoms with Crippen LogP contribution in [0.25, 0.3) is 0 Å². The Bertz CT molecular complexity index is 1320. The summed E-state index contributed by atoms with van der Waals surface area (Å²) in [7, 11) is 3.32. The first-order valence-electron chi connectivity index (χ1n) is 12.1. The van der Waals surface area contributed by atoms with Gasteiger partial charge in [-0.05, 0) is 72.7 Å². The Morgan fingerprint density at radius 1 is 1.06 bits per heavy atom. The van der Waals surface area contributed by atoms with Gasteiger partial charge in [0.2, 0.25) is 6.29 Å². The molecule has 1 N–H and O–H groups in total. The molecule has 3 heterocycles. The summed E-state index contributed by atoms with van der Waals surface area (Å²) in [4.78, 5) is 19.4. The van der Waals surface area contributed by atoms with Gasteiger partial charge in [-0.15, -0.1) is 11.3 Å². The van der Waals surface area contributed by atoms with Crippen LogP contribution in [0.1, 0.15) is 39.7 Å². The minimum absolute atomic E-state index is 0.0348. The molecule has 9 heteroatoms. The molecule has 0 bridgehead atoms. The molecule has 3 aromatic rings. The number of amidine groups is 1. The van der Waals surface area contributed by atoms with Gasteiger partial charge < -0.3 is 9.47 Å². The summed E-state index contributed by atoms with van der Waals surface area (Å²) in [5.41, 5.74) is 7.32. The molecule has 2 unspecified atom stereocenters. The number of hydrazone groups is 1. The number of thiophene rings is 1. The molecule has 1 amide bonds. The van der Waals surface area contributed by atoms with Crippen LogP contribution in [0.2, 0.25) is 0 Å². The Labute approximate surface area is 219 Å². The number of nitrogens with one attached hydrogen (secondary N) is 1. The van der Waals surface area contributed by atoms with Crippen molar-refractivity contribution in [2.24, 2.45) is 11.0 Å². The number of ether oxygens (including phenoxy) is 2. The Morgan fingerprint density at radius 2 is 1.75 bits per heavy atom. The van der Waals surface area contributed by atoms with E-state index in [1.165, 1.54) is 16.0 Å². The average Bonchev–Trinajstić information content (AvgIpc) is 3.49. The van der Waals surface area contributed by atoms with Crippen molar-refractivity contribution < 1.29 is 14.3 Å². The topological polar surface area (TPSA) is 66.4 Å². The molecule has 7 nitrogen and oxygen atoms in total. The molecule has 2 aromatic carbocycles. The monoisotopic (exact) mass is 520 g/mol. The number of fused-ring (bicyclic) bond motifs is 5. The fourth-order valence-electron chi connectivity index (χ4n) is 5.03. The van der Waals surface area contributed by atoms with Crippen LogP contribution < -0.4 is 24.7 Å². The van der Waals surface area contributed by atoms with Gasteiger partial charge in [0.25, 0.3) is 5.91 Å². The highest BCUT2D eigenvalue weighted by Crippen LogP contribution is 2.48. The van der Waals surface area contributed by atoms with Crippen LogP contribution in [0.15, 0.2) is 53.6 Å². The van der Waals surface area contributed by atoms with E-state index in [2.05, 4.69) is 29.4 Å². The predicted octanol–water partition coefficient (Wildman–Crippen LogP) is 5.45. The van der Waals surface area contributed by atoms with Crippen molar-refractivity contribution in [2.75, 3.05) is 24.0 Å². The van der Waals surface area contributed by atoms with Crippen LogP contribution in [0.5, 0.6) is 11.5 Å². The van der Waals surface area contributed by atoms with Crippen LogP contribution in [0.3, 0.4) is 0 Å². The van der Waals surface area contributed by atoms with Crippen LogP contribution in [-0.2, 0) is 18.6 Å². The third-order valence-electron chi connectivity index (χ3n) is 6.99. The van der Waals surface area contributed by atoms with E-state index in [9.17, 15) is 4.79 Å². The summed E-state index contributed by atoms with van der Waals surface area (Å²) in [6, 6.07) is 15.8. The molecule has 2 aliphatic heterocycles. The molecule has 2 atom stereocenters. The van der Waals surface area contributed by atoms with Gasteiger partial charge in [-0.3, -0.25) is 20.0 Å². The first-order chi connectivity index (χ1) is 17.6. The lowest BCUT2D eigenvalue weighted by Gasteiger charge is -2.39. The van der Waals surface area contributed by atoms with Crippen LogP contribution in [0.4, 0.5) is 10.7 Å². The third kappa shape index (κ3) is 3.90. The molecular weight excluding hydrogens is 492 g/mol. The number of hydrogen-bond acceptors (Lipinski definition) is 8. The van der Waals surface area contributed by atoms with Gasteiger partial charge in [-0.25, -0.2) is 0 Å². The lowest BCUT2D eigenvalue weighted by Crippen LogP contribution is -2.58. The normalized spacial score (nSPS) is 20.3. The summed E-state index contributed by atoms with van der Waals surface area (Å²) in [6.07, 6.45) is 2.68. The zero-order chi connectivity index (χ0) is 24.8. The molecule has 1 aliphatic carbocycles. The van der Waals surface area contributed by atoms with E-state index in [1.54, 1.807) is 37.3 Å². The Morgan fingerprint density at radius 3 is 2.44 bits per heavy atom. The first-order valence-corrected chi connectivity index (χ1v) is 13.9. The van der Waals surface area contributed by atoms with Crippen molar-refractivity contribution >= 4 is 44.9 Å². The smallest absolute Gasteiger partial charge is 0.264 e. The van der Waals surface area contributed by atoms with E-state index in [4.69, 9.17) is 14.6 Å². The number of amides is 1. The third-order valence-corrected chi connectivity index (χ3v) is 9.27. The fourth-order valence-corrected chi connectivity index (χ4v) is 7.55. The number of nitrogens with zero attached hydrogens (tertiary/aromatic N) is 3.